The fourth-order valence-corrected chi connectivity index (χ4v) is 4.58. The fourth-order valence-electron chi connectivity index (χ4n) is 4.58. The summed E-state index contributed by atoms with van der Waals surface area (Å²) >= 11 is 0. The Morgan fingerprint density at radius 1 is 0.931 bits per heavy atom. The molecule has 5 rings (SSSR count). The molecule has 0 bridgehead atoms. The van der Waals surface area contributed by atoms with Crippen LogP contribution in [0.4, 0.5) is 4.39 Å². The molecule has 0 saturated carbocycles. The van der Waals surface area contributed by atoms with Gasteiger partial charge in [0, 0.05) is 35.3 Å². The third-order valence-corrected chi connectivity index (χ3v) is 5.90. The Balaban J connectivity index is 1.74. The highest BCUT2D eigenvalue weighted by Crippen LogP contribution is 2.50. The topological polar surface area (TPSA) is 40.6 Å². The third kappa shape index (κ3) is 2.37. The van der Waals surface area contributed by atoms with Crippen LogP contribution in [0.25, 0.3) is 0 Å². The van der Waals surface area contributed by atoms with E-state index in [1.807, 2.05) is 37.3 Å². The summed E-state index contributed by atoms with van der Waals surface area (Å²) in [7, 11) is 0. The largest absolute Gasteiger partial charge is 0.306 e. The van der Waals surface area contributed by atoms with E-state index < -0.39 is 5.66 Å². The second-order valence-electron chi connectivity index (χ2n) is 7.50. The Bertz CT molecular complexity index is 1120. The van der Waals surface area contributed by atoms with Gasteiger partial charge in [0.1, 0.15) is 5.82 Å². The van der Waals surface area contributed by atoms with Gasteiger partial charge < -0.3 is 9.80 Å². The zero-order chi connectivity index (χ0) is 20.2. The van der Waals surface area contributed by atoms with Gasteiger partial charge in [0.25, 0.3) is 11.8 Å². The maximum absolute atomic E-state index is 13.7. The minimum absolute atomic E-state index is 0.107. The van der Waals surface area contributed by atoms with E-state index in [0.29, 0.717) is 29.8 Å². The number of rotatable bonds is 2. The Kier molecular flexibility index (Phi) is 3.81. The van der Waals surface area contributed by atoms with Crippen LogP contribution in [0.1, 0.15) is 37.4 Å². The van der Waals surface area contributed by atoms with Crippen molar-refractivity contribution in [2.75, 3.05) is 13.1 Å². The average Bonchev–Trinajstić information content (AvgIpc) is 3.25. The number of hydrogen-bond acceptors (Lipinski definition) is 2. The van der Waals surface area contributed by atoms with E-state index in [2.05, 4.69) is 0 Å². The Hall–Kier alpha value is -3.47. The first kappa shape index (κ1) is 17.6. The smallest absolute Gasteiger partial charge is 0.256 e. The van der Waals surface area contributed by atoms with Crippen LogP contribution in [-0.2, 0) is 5.66 Å². The van der Waals surface area contributed by atoms with E-state index in [4.69, 9.17) is 0 Å². The lowest BCUT2D eigenvalue weighted by atomic mass is 9.89. The molecule has 3 aromatic rings. The molecule has 3 aromatic carbocycles. The first-order valence-corrected chi connectivity index (χ1v) is 9.59. The summed E-state index contributed by atoms with van der Waals surface area (Å²) in [4.78, 5) is 30.2. The van der Waals surface area contributed by atoms with Crippen molar-refractivity contribution >= 4 is 11.8 Å². The lowest BCUT2D eigenvalue weighted by Crippen LogP contribution is -2.51. The number of carbonyl (C=O) groups excluding carboxylic acids is 2. The van der Waals surface area contributed by atoms with E-state index in [1.165, 1.54) is 12.1 Å². The number of halogens is 1. The van der Waals surface area contributed by atoms with Crippen molar-refractivity contribution in [2.45, 2.75) is 12.6 Å². The predicted molar refractivity (Wildman–Crippen MR) is 107 cm³/mol. The highest BCUT2D eigenvalue weighted by atomic mass is 19.1. The van der Waals surface area contributed by atoms with Crippen molar-refractivity contribution in [1.29, 1.82) is 0 Å². The van der Waals surface area contributed by atoms with E-state index in [0.717, 1.165) is 11.1 Å². The van der Waals surface area contributed by atoms with Crippen LogP contribution in [0, 0.1) is 12.7 Å². The lowest BCUT2D eigenvalue weighted by Gasteiger charge is -2.40. The lowest BCUT2D eigenvalue weighted by molar-refractivity contribution is 0.0375. The molecule has 2 heterocycles. The molecule has 29 heavy (non-hydrogen) atoms. The molecular weight excluding hydrogens is 367 g/mol. The van der Waals surface area contributed by atoms with Crippen molar-refractivity contribution in [3.8, 4) is 0 Å². The zero-order valence-corrected chi connectivity index (χ0v) is 15.9. The van der Waals surface area contributed by atoms with Crippen LogP contribution in [0.2, 0.25) is 0 Å². The Morgan fingerprint density at radius 2 is 1.62 bits per heavy atom. The second-order valence-corrected chi connectivity index (χ2v) is 7.50. The highest BCUT2D eigenvalue weighted by Gasteiger charge is 2.59. The maximum Gasteiger partial charge on any atom is 0.256 e. The minimum Gasteiger partial charge on any atom is -0.306 e. The molecular formula is C24H19FN2O2. The summed E-state index contributed by atoms with van der Waals surface area (Å²) in [5.41, 5.74) is 2.61. The molecule has 1 unspecified atom stereocenters. The molecule has 0 aliphatic carbocycles. The van der Waals surface area contributed by atoms with Crippen LogP contribution in [0.15, 0.2) is 72.8 Å². The van der Waals surface area contributed by atoms with Crippen LogP contribution in [0.5, 0.6) is 0 Å². The van der Waals surface area contributed by atoms with Crippen LogP contribution < -0.4 is 0 Å². The number of benzene rings is 3. The summed E-state index contributed by atoms with van der Waals surface area (Å²) in [6.07, 6.45) is 0. The Morgan fingerprint density at radius 3 is 2.34 bits per heavy atom. The number of hydrogen-bond donors (Lipinski definition) is 0. The number of carbonyl (C=O) groups is 2. The molecule has 1 fully saturated rings. The molecule has 5 heteroatoms. The van der Waals surface area contributed by atoms with Gasteiger partial charge in [-0.3, -0.25) is 9.59 Å². The van der Waals surface area contributed by atoms with Gasteiger partial charge in [-0.25, -0.2) is 4.39 Å². The van der Waals surface area contributed by atoms with Gasteiger partial charge >= 0.3 is 0 Å². The van der Waals surface area contributed by atoms with Crippen molar-refractivity contribution in [3.05, 3.63) is 106 Å². The molecule has 0 N–H and O–H groups in total. The summed E-state index contributed by atoms with van der Waals surface area (Å²) in [5.74, 6) is -0.617. The number of nitrogens with zero attached hydrogens (tertiary/aromatic N) is 2. The van der Waals surface area contributed by atoms with Gasteiger partial charge in [-0.1, -0.05) is 48.0 Å². The van der Waals surface area contributed by atoms with Crippen LogP contribution >= 0.6 is 0 Å². The van der Waals surface area contributed by atoms with E-state index >= 15 is 0 Å². The van der Waals surface area contributed by atoms with Crippen LogP contribution in [-0.4, -0.2) is 34.7 Å². The van der Waals surface area contributed by atoms with E-state index in [1.54, 1.807) is 40.1 Å². The summed E-state index contributed by atoms with van der Waals surface area (Å²) in [6.45, 7) is 2.80. The van der Waals surface area contributed by atoms with Crippen molar-refractivity contribution in [1.82, 2.24) is 9.80 Å². The van der Waals surface area contributed by atoms with Gasteiger partial charge in [0.15, 0.2) is 5.66 Å². The first-order chi connectivity index (χ1) is 14.0. The zero-order valence-electron chi connectivity index (χ0n) is 15.9. The van der Waals surface area contributed by atoms with Gasteiger partial charge in [-0.2, -0.15) is 0 Å². The molecule has 2 amide bonds. The Labute approximate surface area is 168 Å². The molecule has 2 aliphatic rings. The van der Waals surface area contributed by atoms with E-state index in [-0.39, 0.29) is 17.6 Å². The molecule has 4 nitrogen and oxygen atoms in total. The number of aryl methyl sites for hydroxylation is 1. The van der Waals surface area contributed by atoms with Gasteiger partial charge in [-0.05, 0) is 37.3 Å². The van der Waals surface area contributed by atoms with Crippen molar-refractivity contribution in [3.63, 3.8) is 0 Å². The molecule has 0 aromatic heterocycles. The molecule has 144 valence electrons. The standard InChI is InChI=1S/C24H19FN2O2/c1-16-6-8-17(9-7-16)22(28)26-14-15-27-23(29)20-4-2-3-5-21(20)24(26,27)18-10-12-19(25)13-11-18/h2-13H,14-15H2,1H3. The van der Waals surface area contributed by atoms with Crippen molar-refractivity contribution in [2.24, 2.45) is 0 Å². The van der Waals surface area contributed by atoms with Crippen molar-refractivity contribution < 1.29 is 14.0 Å². The normalized spacial score (nSPS) is 20.0. The maximum atomic E-state index is 13.7. The fraction of sp³-hybridized carbons (Fsp3) is 0.167. The third-order valence-electron chi connectivity index (χ3n) is 5.90. The molecule has 1 saturated heterocycles. The van der Waals surface area contributed by atoms with Gasteiger partial charge in [0.05, 0.1) is 0 Å². The summed E-state index contributed by atoms with van der Waals surface area (Å²) in [5, 5.41) is 0. The number of amides is 2. The first-order valence-electron chi connectivity index (χ1n) is 9.59. The summed E-state index contributed by atoms with van der Waals surface area (Å²) in [6, 6.07) is 20.9. The summed E-state index contributed by atoms with van der Waals surface area (Å²) < 4.78 is 13.7. The minimum atomic E-state index is -1.07. The number of fused-ring (bicyclic) bond motifs is 3. The quantitative estimate of drug-likeness (QED) is 0.669. The highest BCUT2D eigenvalue weighted by molar-refractivity contribution is 6.03. The average molecular weight is 386 g/mol. The predicted octanol–water partition coefficient (Wildman–Crippen LogP) is 3.95. The SMILES string of the molecule is Cc1ccc(C(=O)N2CCN3C(=O)c4ccccc4C23c2ccc(F)cc2)cc1. The van der Waals surface area contributed by atoms with E-state index in [9.17, 15) is 14.0 Å². The molecule has 1 atom stereocenters. The van der Waals surface area contributed by atoms with Gasteiger partial charge in [0.2, 0.25) is 0 Å². The molecule has 2 aliphatic heterocycles. The second kappa shape index (κ2) is 6.27. The van der Waals surface area contributed by atoms with Gasteiger partial charge in [-0.15, -0.1) is 0 Å². The molecule has 0 radical (unpaired) electrons. The molecule has 0 spiro atoms. The monoisotopic (exact) mass is 386 g/mol. The van der Waals surface area contributed by atoms with Crippen LogP contribution in [0.3, 0.4) is 0 Å².